The van der Waals surface area contributed by atoms with E-state index in [0.717, 1.165) is 55.0 Å². The van der Waals surface area contributed by atoms with Crippen LogP contribution in [0.2, 0.25) is 0 Å². The number of piperazine rings is 1. The maximum absolute atomic E-state index is 13.3. The largest absolute Gasteiger partial charge is 0.416 e. The molecular formula is C29H38F3N5O2. The summed E-state index contributed by atoms with van der Waals surface area (Å²) in [5.74, 6) is 0.159. The Morgan fingerprint density at radius 1 is 1.05 bits per heavy atom. The normalized spacial score (nSPS) is 26.1. The summed E-state index contributed by atoms with van der Waals surface area (Å²) < 4.78 is 45.7. The molecule has 2 unspecified atom stereocenters. The van der Waals surface area contributed by atoms with Gasteiger partial charge in [0.05, 0.1) is 17.7 Å². The molecule has 1 aromatic carbocycles. The SMILES string of the molecule is COC1Cc2cc(C(F)(F)F)ccc2C1N1CCN(C2(C)CCN(C(=O)c3nc(C)cc(C)n3)CC2)C[C@@H]1C. The molecule has 0 bridgehead atoms. The van der Waals surface area contributed by atoms with E-state index in [1.807, 2.05) is 24.8 Å². The molecule has 7 nitrogen and oxygen atoms in total. The lowest BCUT2D eigenvalue weighted by atomic mass is 9.86. The second kappa shape index (κ2) is 10.4. The van der Waals surface area contributed by atoms with Crippen molar-refractivity contribution in [1.82, 2.24) is 24.7 Å². The van der Waals surface area contributed by atoms with E-state index in [0.29, 0.717) is 19.5 Å². The summed E-state index contributed by atoms with van der Waals surface area (Å²) in [4.78, 5) is 28.6. The Kier molecular flexibility index (Phi) is 7.50. The molecule has 2 aromatic rings. The van der Waals surface area contributed by atoms with Crippen LogP contribution < -0.4 is 0 Å². The molecule has 1 aliphatic carbocycles. The van der Waals surface area contributed by atoms with Gasteiger partial charge in [-0.25, -0.2) is 9.97 Å². The standard InChI is InChI=1S/C29H38F3N5O2/c1-18-14-19(2)34-26(33-18)27(38)35-10-8-28(4,9-11-35)36-12-13-37(20(3)17-36)25-23-7-6-22(29(30,31)32)15-21(23)16-24(25)39-5/h6-7,14-15,20,24-25H,8-13,16-17H2,1-5H3/t20-,24?,25?/m0/s1. The van der Waals surface area contributed by atoms with Crippen molar-refractivity contribution in [2.24, 2.45) is 0 Å². The summed E-state index contributed by atoms with van der Waals surface area (Å²) >= 11 is 0. The van der Waals surface area contributed by atoms with Gasteiger partial charge >= 0.3 is 6.18 Å². The maximum Gasteiger partial charge on any atom is 0.416 e. The zero-order valence-corrected chi connectivity index (χ0v) is 23.4. The monoisotopic (exact) mass is 545 g/mol. The number of likely N-dealkylation sites (tertiary alicyclic amines) is 1. The summed E-state index contributed by atoms with van der Waals surface area (Å²) in [5.41, 5.74) is 2.63. The van der Waals surface area contributed by atoms with E-state index in [-0.39, 0.29) is 35.5 Å². The number of ether oxygens (including phenoxy) is 1. The Balaban J connectivity index is 1.24. The van der Waals surface area contributed by atoms with Crippen molar-refractivity contribution in [3.63, 3.8) is 0 Å². The lowest BCUT2D eigenvalue weighted by Crippen LogP contribution is -2.62. The molecule has 3 atom stereocenters. The summed E-state index contributed by atoms with van der Waals surface area (Å²) in [7, 11) is 1.65. The van der Waals surface area contributed by atoms with Crippen molar-refractivity contribution < 1.29 is 22.7 Å². The minimum absolute atomic E-state index is 0.0314. The van der Waals surface area contributed by atoms with Crippen LogP contribution in [-0.4, -0.2) is 88.1 Å². The average Bonchev–Trinajstić information content (AvgIpc) is 3.25. The van der Waals surface area contributed by atoms with Crippen LogP contribution in [0, 0.1) is 13.8 Å². The highest BCUT2D eigenvalue weighted by molar-refractivity contribution is 5.90. The number of halogens is 3. The molecule has 10 heteroatoms. The number of fused-ring (bicyclic) bond motifs is 1. The zero-order valence-electron chi connectivity index (χ0n) is 23.4. The van der Waals surface area contributed by atoms with E-state index >= 15 is 0 Å². The molecular weight excluding hydrogens is 507 g/mol. The van der Waals surface area contributed by atoms with E-state index in [9.17, 15) is 18.0 Å². The number of hydrogen-bond acceptors (Lipinski definition) is 6. The van der Waals surface area contributed by atoms with Crippen molar-refractivity contribution in [2.75, 3.05) is 39.8 Å². The van der Waals surface area contributed by atoms with Crippen molar-refractivity contribution in [3.05, 3.63) is 58.2 Å². The Hall–Kier alpha value is -2.56. The number of aryl methyl sites for hydroxylation is 2. The fourth-order valence-electron chi connectivity index (χ4n) is 6.73. The molecule has 39 heavy (non-hydrogen) atoms. The van der Waals surface area contributed by atoms with Gasteiger partial charge in [0.25, 0.3) is 5.91 Å². The minimum Gasteiger partial charge on any atom is -0.379 e. The molecule has 2 aliphatic heterocycles. The van der Waals surface area contributed by atoms with Crippen LogP contribution in [0.4, 0.5) is 13.2 Å². The number of alkyl halides is 3. The number of aromatic nitrogens is 2. The van der Waals surface area contributed by atoms with Crippen molar-refractivity contribution in [2.45, 2.75) is 76.9 Å². The zero-order chi connectivity index (χ0) is 28.1. The molecule has 5 rings (SSSR count). The highest BCUT2D eigenvalue weighted by Gasteiger charge is 2.45. The molecule has 0 saturated carbocycles. The van der Waals surface area contributed by atoms with Crippen LogP contribution in [-0.2, 0) is 17.3 Å². The Morgan fingerprint density at radius 2 is 1.72 bits per heavy atom. The second-order valence-corrected chi connectivity index (χ2v) is 11.6. The van der Waals surface area contributed by atoms with Gasteiger partial charge in [-0.05, 0) is 69.9 Å². The first-order valence-electron chi connectivity index (χ1n) is 13.7. The fourth-order valence-corrected chi connectivity index (χ4v) is 6.73. The number of piperidine rings is 1. The number of amides is 1. The summed E-state index contributed by atoms with van der Waals surface area (Å²) in [6, 6.07) is 6.15. The van der Waals surface area contributed by atoms with Crippen molar-refractivity contribution >= 4 is 5.91 Å². The van der Waals surface area contributed by atoms with Gasteiger partial charge in [0.2, 0.25) is 5.82 Å². The lowest BCUT2D eigenvalue weighted by molar-refractivity contribution is -0.137. The van der Waals surface area contributed by atoms with Gasteiger partial charge in [-0.2, -0.15) is 13.2 Å². The average molecular weight is 546 g/mol. The van der Waals surface area contributed by atoms with E-state index < -0.39 is 11.7 Å². The second-order valence-electron chi connectivity index (χ2n) is 11.6. The number of nitrogens with zero attached hydrogens (tertiary/aromatic N) is 5. The van der Waals surface area contributed by atoms with Crippen LogP contribution >= 0.6 is 0 Å². The number of benzene rings is 1. The first-order valence-corrected chi connectivity index (χ1v) is 13.7. The van der Waals surface area contributed by atoms with Gasteiger partial charge in [0.15, 0.2) is 0 Å². The van der Waals surface area contributed by atoms with Gasteiger partial charge in [-0.15, -0.1) is 0 Å². The van der Waals surface area contributed by atoms with Crippen molar-refractivity contribution in [3.8, 4) is 0 Å². The summed E-state index contributed by atoms with van der Waals surface area (Å²) in [5, 5.41) is 0. The van der Waals surface area contributed by atoms with E-state index in [1.165, 1.54) is 12.1 Å². The van der Waals surface area contributed by atoms with Gasteiger partial charge in [-0.1, -0.05) is 6.07 Å². The van der Waals surface area contributed by atoms with Crippen LogP contribution in [0.5, 0.6) is 0 Å². The van der Waals surface area contributed by atoms with E-state index in [1.54, 1.807) is 13.2 Å². The third kappa shape index (κ3) is 5.43. The topological polar surface area (TPSA) is 61.8 Å². The summed E-state index contributed by atoms with van der Waals surface area (Å²) in [6.45, 7) is 12.1. The van der Waals surface area contributed by atoms with E-state index in [2.05, 4.69) is 33.6 Å². The number of hydrogen-bond donors (Lipinski definition) is 0. The van der Waals surface area contributed by atoms with E-state index in [4.69, 9.17) is 4.74 Å². The van der Waals surface area contributed by atoms with Crippen LogP contribution in [0.15, 0.2) is 24.3 Å². The van der Waals surface area contributed by atoms with Gasteiger partial charge in [0, 0.05) is 69.2 Å². The Bertz CT molecular complexity index is 1210. The van der Waals surface area contributed by atoms with Gasteiger partial charge < -0.3 is 9.64 Å². The molecule has 2 fully saturated rings. The highest BCUT2D eigenvalue weighted by atomic mass is 19.4. The molecule has 0 N–H and O–H groups in total. The first-order chi connectivity index (χ1) is 18.4. The van der Waals surface area contributed by atoms with Gasteiger partial charge in [-0.3, -0.25) is 14.6 Å². The lowest BCUT2D eigenvalue weighted by Gasteiger charge is -2.53. The van der Waals surface area contributed by atoms with Crippen LogP contribution in [0.3, 0.4) is 0 Å². The minimum atomic E-state index is -4.35. The fraction of sp³-hybridized carbons (Fsp3) is 0.621. The first kappa shape index (κ1) is 28.0. The molecule has 2 saturated heterocycles. The van der Waals surface area contributed by atoms with Gasteiger partial charge in [0.1, 0.15) is 0 Å². The predicted molar refractivity (Wildman–Crippen MR) is 141 cm³/mol. The quantitative estimate of drug-likeness (QED) is 0.567. The molecule has 1 aromatic heterocycles. The number of carbonyl (C=O) groups excluding carboxylic acids is 1. The third-order valence-electron chi connectivity index (χ3n) is 8.97. The van der Waals surface area contributed by atoms with Crippen LogP contribution in [0.1, 0.15) is 71.4 Å². The number of methoxy groups -OCH3 is 1. The van der Waals surface area contributed by atoms with Crippen molar-refractivity contribution in [1.29, 1.82) is 0 Å². The molecule has 3 aliphatic rings. The third-order valence-corrected chi connectivity index (χ3v) is 8.97. The predicted octanol–water partition coefficient (Wildman–Crippen LogP) is 4.43. The maximum atomic E-state index is 13.3. The summed E-state index contributed by atoms with van der Waals surface area (Å²) in [6.07, 6.45) is -2.31. The Labute approximate surface area is 228 Å². The Morgan fingerprint density at radius 3 is 2.31 bits per heavy atom. The molecule has 3 heterocycles. The smallest absolute Gasteiger partial charge is 0.379 e. The molecule has 0 radical (unpaired) electrons. The number of carbonyl (C=O) groups is 1. The highest BCUT2D eigenvalue weighted by Crippen LogP contribution is 2.43. The molecule has 212 valence electrons. The van der Waals surface area contributed by atoms with Crippen LogP contribution in [0.25, 0.3) is 0 Å². The molecule has 1 amide bonds. The number of rotatable bonds is 4. The molecule has 0 spiro atoms.